The number of carbonyl (C=O) groups excluding carboxylic acids is 1. The van der Waals surface area contributed by atoms with E-state index in [0.717, 1.165) is 27.5 Å². The van der Waals surface area contributed by atoms with Gasteiger partial charge in [-0.25, -0.2) is 0 Å². The summed E-state index contributed by atoms with van der Waals surface area (Å²) in [6.07, 6.45) is 3.44. The van der Waals surface area contributed by atoms with Crippen molar-refractivity contribution in [2.75, 3.05) is 5.32 Å². The van der Waals surface area contributed by atoms with Gasteiger partial charge in [0.2, 0.25) is 0 Å². The van der Waals surface area contributed by atoms with E-state index in [1.807, 2.05) is 30.3 Å². The maximum atomic E-state index is 12.3. The van der Waals surface area contributed by atoms with Crippen molar-refractivity contribution in [3.8, 4) is 0 Å². The lowest BCUT2D eigenvalue weighted by Gasteiger charge is -2.05. The van der Waals surface area contributed by atoms with Gasteiger partial charge >= 0.3 is 0 Å². The number of aromatic nitrogens is 4. The van der Waals surface area contributed by atoms with E-state index in [4.69, 9.17) is 0 Å². The highest BCUT2D eigenvalue weighted by molar-refractivity contribution is 6.06. The molecule has 0 aliphatic heterocycles. The molecule has 102 valence electrons. The van der Waals surface area contributed by atoms with Crippen LogP contribution in [0, 0.1) is 0 Å². The van der Waals surface area contributed by atoms with Crippen LogP contribution in [-0.2, 0) is 0 Å². The van der Waals surface area contributed by atoms with E-state index in [9.17, 15) is 4.79 Å². The second-order valence-corrected chi connectivity index (χ2v) is 4.80. The van der Waals surface area contributed by atoms with Crippen LogP contribution < -0.4 is 5.32 Å². The van der Waals surface area contributed by atoms with Gasteiger partial charge in [-0.05, 0) is 36.4 Å². The molecule has 2 aromatic heterocycles. The van der Waals surface area contributed by atoms with Gasteiger partial charge in [-0.15, -0.1) is 0 Å². The molecule has 0 aliphatic rings. The van der Waals surface area contributed by atoms with Crippen LogP contribution in [0.3, 0.4) is 0 Å². The first-order valence-electron chi connectivity index (χ1n) is 6.47. The molecule has 0 saturated carbocycles. The third-order valence-electron chi connectivity index (χ3n) is 3.40. The zero-order valence-corrected chi connectivity index (χ0v) is 10.9. The molecule has 2 aromatic carbocycles. The van der Waals surface area contributed by atoms with Crippen molar-refractivity contribution in [2.24, 2.45) is 0 Å². The molecule has 0 bridgehead atoms. The van der Waals surface area contributed by atoms with E-state index in [1.54, 1.807) is 18.5 Å². The Labute approximate surface area is 119 Å². The van der Waals surface area contributed by atoms with E-state index in [-0.39, 0.29) is 5.91 Å². The third kappa shape index (κ3) is 2.02. The molecule has 3 N–H and O–H groups in total. The molecule has 0 radical (unpaired) electrons. The average molecular weight is 277 g/mol. The van der Waals surface area contributed by atoms with Crippen molar-refractivity contribution in [1.82, 2.24) is 20.4 Å². The first-order valence-corrected chi connectivity index (χ1v) is 6.47. The standard InChI is InChI=1S/C15H11N5O/c21-15(9-2-4-13-11(5-9)8-17-19-13)18-12-3-1-10-7-16-20-14(10)6-12/h1-8H,(H,16,20)(H,17,19)(H,18,21). The van der Waals surface area contributed by atoms with Crippen LogP contribution in [0.5, 0.6) is 0 Å². The normalized spacial score (nSPS) is 11.0. The topological polar surface area (TPSA) is 86.5 Å². The predicted octanol–water partition coefficient (Wildman–Crippen LogP) is 2.69. The highest BCUT2D eigenvalue weighted by Gasteiger charge is 2.08. The lowest BCUT2D eigenvalue weighted by atomic mass is 10.1. The van der Waals surface area contributed by atoms with E-state index in [2.05, 4.69) is 25.7 Å². The Hall–Kier alpha value is -3.15. The molecule has 21 heavy (non-hydrogen) atoms. The summed E-state index contributed by atoms with van der Waals surface area (Å²) in [6, 6.07) is 11.0. The lowest BCUT2D eigenvalue weighted by Crippen LogP contribution is -2.11. The molecule has 4 rings (SSSR count). The number of fused-ring (bicyclic) bond motifs is 2. The van der Waals surface area contributed by atoms with Gasteiger partial charge in [-0.3, -0.25) is 15.0 Å². The Kier molecular flexibility index (Phi) is 2.47. The third-order valence-corrected chi connectivity index (χ3v) is 3.40. The Morgan fingerprint density at radius 3 is 2.62 bits per heavy atom. The Morgan fingerprint density at radius 2 is 1.71 bits per heavy atom. The van der Waals surface area contributed by atoms with Gasteiger partial charge in [-0.2, -0.15) is 10.2 Å². The zero-order valence-electron chi connectivity index (χ0n) is 10.9. The largest absolute Gasteiger partial charge is 0.322 e. The number of hydrogen-bond acceptors (Lipinski definition) is 3. The fourth-order valence-electron chi connectivity index (χ4n) is 2.30. The van der Waals surface area contributed by atoms with Gasteiger partial charge in [0.25, 0.3) is 5.91 Å². The molecular formula is C15H11N5O. The van der Waals surface area contributed by atoms with Crippen LogP contribution in [0.2, 0.25) is 0 Å². The minimum Gasteiger partial charge on any atom is -0.322 e. The Bertz CT molecular complexity index is 953. The second-order valence-electron chi connectivity index (χ2n) is 4.80. The van der Waals surface area contributed by atoms with Gasteiger partial charge < -0.3 is 5.32 Å². The van der Waals surface area contributed by atoms with E-state index in [0.29, 0.717) is 5.56 Å². The molecule has 0 unspecified atom stereocenters. The van der Waals surface area contributed by atoms with Crippen LogP contribution >= 0.6 is 0 Å². The number of anilines is 1. The van der Waals surface area contributed by atoms with Crippen molar-refractivity contribution in [3.05, 3.63) is 54.4 Å². The molecule has 0 aliphatic carbocycles. The van der Waals surface area contributed by atoms with Crippen LogP contribution in [-0.4, -0.2) is 26.3 Å². The molecule has 4 aromatic rings. The summed E-state index contributed by atoms with van der Waals surface area (Å²) in [5.74, 6) is -0.156. The summed E-state index contributed by atoms with van der Waals surface area (Å²) in [5, 5.41) is 18.4. The molecule has 0 atom stereocenters. The summed E-state index contributed by atoms with van der Waals surface area (Å²) in [6.45, 7) is 0. The van der Waals surface area contributed by atoms with Gasteiger partial charge in [0.05, 0.1) is 23.4 Å². The SMILES string of the molecule is O=C(Nc1ccc2cn[nH]c2c1)c1ccc2[nH]ncc2c1. The molecule has 1 amide bonds. The van der Waals surface area contributed by atoms with Gasteiger partial charge in [0.1, 0.15) is 0 Å². The molecular weight excluding hydrogens is 266 g/mol. The molecule has 6 heteroatoms. The smallest absolute Gasteiger partial charge is 0.255 e. The fraction of sp³-hybridized carbons (Fsp3) is 0. The van der Waals surface area contributed by atoms with Crippen molar-refractivity contribution in [2.45, 2.75) is 0 Å². The molecule has 2 heterocycles. The predicted molar refractivity (Wildman–Crippen MR) is 80.1 cm³/mol. The number of carbonyl (C=O) groups is 1. The van der Waals surface area contributed by atoms with Crippen LogP contribution in [0.15, 0.2) is 48.8 Å². The summed E-state index contributed by atoms with van der Waals surface area (Å²) in [4.78, 5) is 12.3. The quantitative estimate of drug-likeness (QED) is 0.526. The number of hydrogen-bond donors (Lipinski definition) is 3. The van der Waals surface area contributed by atoms with Crippen LogP contribution in [0.4, 0.5) is 5.69 Å². The minimum atomic E-state index is -0.156. The van der Waals surface area contributed by atoms with Gasteiger partial charge in [-0.1, -0.05) is 0 Å². The first kappa shape index (κ1) is 11.7. The number of H-pyrrole nitrogens is 2. The number of nitrogens with zero attached hydrogens (tertiary/aromatic N) is 2. The van der Waals surface area contributed by atoms with Gasteiger partial charge in [0.15, 0.2) is 0 Å². The van der Waals surface area contributed by atoms with Crippen molar-refractivity contribution >= 4 is 33.4 Å². The first-order chi connectivity index (χ1) is 10.3. The lowest BCUT2D eigenvalue weighted by molar-refractivity contribution is 0.102. The average Bonchev–Trinajstić information content (AvgIpc) is 3.14. The number of amides is 1. The Balaban J connectivity index is 1.64. The summed E-state index contributed by atoms with van der Waals surface area (Å²) in [5.41, 5.74) is 3.11. The second kappa shape index (κ2) is 4.45. The Morgan fingerprint density at radius 1 is 0.905 bits per heavy atom. The summed E-state index contributed by atoms with van der Waals surface area (Å²) < 4.78 is 0. The maximum absolute atomic E-state index is 12.3. The number of nitrogens with one attached hydrogen (secondary N) is 3. The highest BCUT2D eigenvalue weighted by atomic mass is 16.1. The highest BCUT2D eigenvalue weighted by Crippen LogP contribution is 2.18. The number of aromatic amines is 2. The van der Waals surface area contributed by atoms with E-state index < -0.39 is 0 Å². The zero-order chi connectivity index (χ0) is 14.2. The molecule has 0 spiro atoms. The van der Waals surface area contributed by atoms with Crippen molar-refractivity contribution in [3.63, 3.8) is 0 Å². The molecule has 6 nitrogen and oxygen atoms in total. The maximum Gasteiger partial charge on any atom is 0.255 e. The van der Waals surface area contributed by atoms with Gasteiger partial charge in [0, 0.05) is 22.0 Å². The van der Waals surface area contributed by atoms with E-state index >= 15 is 0 Å². The van der Waals surface area contributed by atoms with E-state index in [1.165, 1.54) is 0 Å². The van der Waals surface area contributed by atoms with Crippen LogP contribution in [0.25, 0.3) is 21.8 Å². The molecule has 0 fully saturated rings. The van der Waals surface area contributed by atoms with Crippen LogP contribution in [0.1, 0.15) is 10.4 Å². The number of rotatable bonds is 2. The summed E-state index contributed by atoms with van der Waals surface area (Å²) in [7, 11) is 0. The summed E-state index contributed by atoms with van der Waals surface area (Å²) >= 11 is 0. The van der Waals surface area contributed by atoms with Crippen molar-refractivity contribution in [1.29, 1.82) is 0 Å². The number of benzene rings is 2. The van der Waals surface area contributed by atoms with Crippen molar-refractivity contribution < 1.29 is 4.79 Å². The minimum absolute atomic E-state index is 0.156. The monoisotopic (exact) mass is 277 g/mol. The molecule has 0 saturated heterocycles. The fourth-order valence-corrected chi connectivity index (χ4v) is 2.30.